The van der Waals surface area contributed by atoms with E-state index in [0.717, 1.165) is 40.6 Å². The van der Waals surface area contributed by atoms with Gasteiger partial charge in [0, 0.05) is 11.8 Å². The fourth-order valence-corrected chi connectivity index (χ4v) is 8.31. The number of esters is 1. The van der Waals surface area contributed by atoms with Gasteiger partial charge in [-0.1, -0.05) is 48.5 Å². The molecule has 58 heavy (non-hydrogen) atoms. The van der Waals surface area contributed by atoms with Crippen LogP contribution in [0.5, 0.6) is 11.5 Å². The zero-order valence-electron chi connectivity index (χ0n) is 31.6. The third-order valence-corrected chi connectivity index (χ3v) is 12.6. The second kappa shape index (κ2) is 16.2. The van der Waals surface area contributed by atoms with Crippen molar-refractivity contribution in [2.45, 2.75) is 86.8 Å². The number of hydrogen-bond donors (Lipinski definition) is 4. The van der Waals surface area contributed by atoms with Crippen molar-refractivity contribution in [2.75, 3.05) is 12.4 Å². The number of sulfone groups is 1. The predicted octanol–water partition coefficient (Wildman–Crippen LogP) is 6.22. The first-order valence-electron chi connectivity index (χ1n) is 18.4. The number of nitrogens with one attached hydrogen (secondary N) is 2. The fourth-order valence-electron chi connectivity index (χ4n) is 7.50. The van der Waals surface area contributed by atoms with Crippen LogP contribution in [0, 0.1) is 17.2 Å². The van der Waals surface area contributed by atoms with Gasteiger partial charge in [0.2, 0.25) is 5.91 Å². The standard InChI is InChI=1S/C41H42F4N2O10S/c1-39(38(51)56-22-24-10-6-9-23-8-4-5-13-28(23)24)16-14-26(15-17-39)57-33-19-29(32(55-3)21-31(33)42)36(49)47-35-30(20-34(48)40(35,2)52)37(50)46-25-11-7-12-27(18-25)58(53,54)41(43,44)45/h4-13,18-19,21,26,30,34-35,48,52H,14-17,20,22H2,1-3H3,(H,46,50)(H,47,49)/t26?,30-,34-,35-,39?,40-/m0/s1. The molecule has 2 aliphatic carbocycles. The number of alkyl halides is 3. The fraction of sp³-hybridized carbons (Fsp3) is 0.390. The average molecular weight is 831 g/mol. The van der Waals surface area contributed by atoms with E-state index in [1.807, 2.05) is 49.4 Å². The van der Waals surface area contributed by atoms with Crippen LogP contribution in [0.3, 0.4) is 0 Å². The summed E-state index contributed by atoms with van der Waals surface area (Å²) in [6.45, 7) is 3.08. The first-order valence-corrected chi connectivity index (χ1v) is 19.8. The lowest BCUT2D eigenvalue weighted by Gasteiger charge is -2.35. The Bertz CT molecular complexity index is 2320. The lowest BCUT2D eigenvalue weighted by molar-refractivity contribution is -0.159. The van der Waals surface area contributed by atoms with Crippen molar-refractivity contribution in [3.05, 3.63) is 95.8 Å². The second-order valence-corrected chi connectivity index (χ2v) is 17.0. The molecule has 0 spiro atoms. The van der Waals surface area contributed by atoms with E-state index in [-0.39, 0.29) is 35.3 Å². The summed E-state index contributed by atoms with van der Waals surface area (Å²) in [5.41, 5.74) is -8.23. The molecule has 2 saturated carbocycles. The maximum atomic E-state index is 15.4. The van der Waals surface area contributed by atoms with E-state index in [1.54, 1.807) is 0 Å². The van der Waals surface area contributed by atoms with Crippen molar-refractivity contribution in [2.24, 2.45) is 11.3 Å². The smallest absolute Gasteiger partial charge is 0.496 e. The predicted molar refractivity (Wildman–Crippen MR) is 202 cm³/mol. The molecule has 2 aliphatic rings. The van der Waals surface area contributed by atoms with Crippen molar-refractivity contribution in [1.82, 2.24) is 5.32 Å². The minimum Gasteiger partial charge on any atom is -0.496 e. The highest BCUT2D eigenvalue weighted by atomic mass is 32.2. The molecule has 4 atom stereocenters. The van der Waals surface area contributed by atoms with E-state index >= 15 is 4.39 Å². The van der Waals surface area contributed by atoms with Gasteiger partial charge < -0.3 is 35.1 Å². The summed E-state index contributed by atoms with van der Waals surface area (Å²) in [5.74, 6) is -5.05. The molecule has 2 fully saturated rings. The van der Waals surface area contributed by atoms with Gasteiger partial charge in [-0.3, -0.25) is 14.4 Å². The monoisotopic (exact) mass is 830 g/mol. The van der Waals surface area contributed by atoms with E-state index in [0.29, 0.717) is 37.8 Å². The van der Waals surface area contributed by atoms with Crippen molar-refractivity contribution in [3.8, 4) is 11.5 Å². The maximum Gasteiger partial charge on any atom is 0.501 e. The molecule has 0 aromatic heterocycles. The van der Waals surface area contributed by atoms with Crippen molar-refractivity contribution < 1.29 is 64.8 Å². The van der Waals surface area contributed by atoms with Crippen LogP contribution >= 0.6 is 0 Å². The highest BCUT2D eigenvalue weighted by molar-refractivity contribution is 7.92. The van der Waals surface area contributed by atoms with E-state index < -0.39 is 79.5 Å². The zero-order valence-corrected chi connectivity index (χ0v) is 32.5. The number of hydrogen-bond acceptors (Lipinski definition) is 10. The molecule has 17 heteroatoms. The van der Waals surface area contributed by atoms with Crippen LogP contribution in [0.2, 0.25) is 0 Å². The van der Waals surface area contributed by atoms with Gasteiger partial charge in [0.25, 0.3) is 15.7 Å². The van der Waals surface area contributed by atoms with Crippen LogP contribution in [-0.2, 0) is 30.8 Å². The summed E-state index contributed by atoms with van der Waals surface area (Å²) < 4.78 is 95.7. The number of aliphatic hydroxyl groups is 2. The van der Waals surface area contributed by atoms with Gasteiger partial charge in [-0.2, -0.15) is 13.2 Å². The quantitative estimate of drug-likeness (QED) is 0.100. The lowest BCUT2D eigenvalue weighted by atomic mass is 9.74. The highest BCUT2D eigenvalue weighted by Gasteiger charge is 2.54. The number of rotatable bonds is 11. The number of carbonyl (C=O) groups excluding carboxylic acids is 3. The number of carbonyl (C=O) groups is 3. The molecule has 0 aliphatic heterocycles. The van der Waals surface area contributed by atoms with E-state index in [1.165, 1.54) is 14.0 Å². The first-order chi connectivity index (χ1) is 27.2. The normalized spacial score (nSPS) is 24.8. The van der Waals surface area contributed by atoms with Gasteiger partial charge in [0.15, 0.2) is 11.6 Å². The number of methoxy groups -OCH3 is 1. The molecular formula is C41H42F4N2O10S. The van der Waals surface area contributed by atoms with Crippen LogP contribution < -0.4 is 20.1 Å². The molecule has 0 heterocycles. The van der Waals surface area contributed by atoms with Crippen molar-refractivity contribution in [3.63, 3.8) is 0 Å². The van der Waals surface area contributed by atoms with Crippen LogP contribution in [-0.4, -0.2) is 72.9 Å². The summed E-state index contributed by atoms with van der Waals surface area (Å²) >= 11 is 0. The van der Waals surface area contributed by atoms with Crippen molar-refractivity contribution >= 4 is 44.1 Å². The Kier molecular flexibility index (Phi) is 11.8. The first kappa shape index (κ1) is 42.3. The highest BCUT2D eigenvalue weighted by Crippen LogP contribution is 2.41. The van der Waals surface area contributed by atoms with Crippen LogP contribution in [0.15, 0.2) is 83.8 Å². The number of ether oxygens (including phenoxy) is 3. The molecule has 12 nitrogen and oxygen atoms in total. The van der Waals surface area contributed by atoms with Gasteiger partial charge in [-0.15, -0.1) is 0 Å². The minimum absolute atomic E-state index is 0.101. The Hall–Kier alpha value is -5.26. The number of benzene rings is 4. The molecule has 0 bridgehead atoms. The molecule has 310 valence electrons. The molecule has 4 N–H and O–H groups in total. The number of amides is 2. The Morgan fingerprint density at radius 1 is 0.931 bits per heavy atom. The number of anilines is 1. The Morgan fingerprint density at radius 2 is 1.60 bits per heavy atom. The molecule has 2 amide bonds. The lowest BCUT2D eigenvalue weighted by Crippen LogP contribution is -2.55. The topological polar surface area (TPSA) is 178 Å². The van der Waals surface area contributed by atoms with Crippen LogP contribution in [0.4, 0.5) is 23.2 Å². The second-order valence-electron chi connectivity index (χ2n) is 15.1. The molecule has 4 aromatic carbocycles. The third kappa shape index (κ3) is 8.47. The molecule has 4 aromatic rings. The summed E-state index contributed by atoms with van der Waals surface area (Å²) in [7, 11) is -4.56. The van der Waals surface area contributed by atoms with Crippen LogP contribution in [0.1, 0.15) is 61.9 Å². The average Bonchev–Trinajstić information content (AvgIpc) is 3.41. The maximum absolute atomic E-state index is 15.4. The Labute approximate surface area is 331 Å². The van der Waals surface area contributed by atoms with Crippen molar-refractivity contribution in [1.29, 1.82) is 0 Å². The minimum atomic E-state index is -5.74. The number of fused-ring (bicyclic) bond motifs is 1. The van der Waals surface area contributed by atoms with Crippen LogP contribution in [0.25, 0.3) is 10.8 Å². The SMILES string of the molecule is COc1cc(F)c(OC2CCC(C)(C(=O)OCc3cccc4ccccc34)CC2)cc1C(=O)N[C@H]1[C@@H](C(=O)Nc2cccc(S(=O)(=O)C(F)(F)F)c2)C[C@H](O)[C@]1(C)O. The van der Waals surface area contributed by atoms with E-state index in [9.17, 15) is 46.2 Å². The third-order valence-electron chi connectivity index (χ3n) is 11.1. The molecular weight excluding hydrogens is 789 g/mol. The van der Waals surface area contributed by atoms with Gasteiger partial charge in [0.05, 0.1) is 47.2 Å². The van der Waals surface area contributed by atoms with Gasteiger partial charge >= 0.3 is 11.5 Å². The molecule has 6 rings (SSSR count). The van der Waals surface area contributed by atoms with Gasteiger partial charge in [-0.05, 0) is 86.6 Å². The summed E-state index contributed by atoms with van der Waals surface area (Å²) in [5, 5.41) is 28.7. The van der Waals surface area contributed by atoms with E-state index in [2.05, 4.69) is 10.6 Å². The van der Waals surface area contributed by atoms with Gasteiger partial charge in [0.1, 0.15) is 18.0 Å². The largest absolute Gasteiger partial charge is 0.501 e. The zero-order chi connectivity index (χ0) is 42.2. The molecule has 0 unspecified atom stereocenters. The van der Waals surface area contributed by atoms with Gasteiger partial charge in [-0.25, -0.2) is 12.8 Å². The van der Waals surface area contributed by atoms with E-state index in [4.69, 9.17) is 14.2 Å². The number of aliphatic hydroxyl groups excluding tert-OH is 1. The Morgan fingerprint density at radius 3 is 2.29 bits per heavy atom. The number of halogens is 4. The molecule has 0 saturated heterocycles. The molecule has 0 radical (unpaired) electrons. The summed E-state index contributed by atoms with van der Waals surface area (Å²) in [6.07, 6.45) is -1.04. The summed E-state index contributed by atoms with van der Waals surface area (Å²) in [4.78, 5) is 39.4. The summed E-state index contributed by atoms with van der Waals surface area (Å²) in [6, 6.07) is 17.5. The Balaban J connectivity index is 1.12.